The predicted molar refractivity (Wildman–Crippen MR) is 44.9 cm³/mol. The van der Waals surface area contributed by atoms with E-state index in [1.165, 1.54) is 12.8 Å². The van der Waals surface area contributed by atoms with Gasteiger partial charge in [-0.05, 0) is 37.8 Å². The largest absolute Gasteiger partial charge is 0.480 e. The van der Waals surface area contributed by atoms with Gasteiger partial charge in [0.25, 0.3) is 0 Å². The van der Waals surface area contributed by atoms with Gasteiger partial charge in [0.1, 0.15) is 6.04 Å². The highest BCUT2D eigenvalue weighted by Crippen LogP contribution is 2.36. The fraction of sp³-hybridized carbons (Fsp3) is 0.889. The summed E-state index contributed by atoms with van der Waals surface area (Å²) < 4.78 is 0. The van der Waals surface area contributed by atoms with E-state index in [4.69, 9.17) is 5.11 Å². The van der Waals surface area contributed by atoms with Crippen LogP contribution in [-0.2, 0) is 4.79 Å². The van der Waals surface area contributed by atoms with Crippen molar-refractivity contribution >= 4 is 5.97 Å². The number of carboxylic acids is 1. The topological polar surface area (TPSA) is 40.5 Å². The molecular weight excluding hydrogens is 154 g/mol. The summed E-state index contributed by atoms with van der Waals surface area (Å²) in [6.45, 7) is 4.06. The Morgan fingerprint density at radius 1 is 1.42 bits per heavy atom. The third kappa shape index (κ3) is 1.04. The normalized spacial score (nSPS) is 46.1. The molecule has 2 bridgehead atoms. The van der Waals surface area contributed by atoms with Crippen LogP contribution in [0.2, 0.25) is 0 Å². The minimum absolute atomic E-state index is 0.197. The SMILES string of the molecule is CC1C2CCN(CC2)C1C(=O)O. The number of hydrogen-bond acceptors (Lipinski definition) is 2. The summed E-state index contributed by atoms with van der Waals surface area (Å²) in [6.07, 6.45) is 2.40. The van der Waals surface area contributed by atoms with Crippen LogP contribution in [-0.4, -0.2) is 35.1 Å². The molecule has 3 nitrogen and oxygen atoms in total. The van der Waals surface area contributed by atoms with Gasteiger partial charge in [0.05, 0.1) is 0 Å². The summed E-state index contributed by atoms with van der Waals surface area (Å²) in [7, 11) is 0. The molecule has 3 saturated heterocycles. The Kier molecular flexibility index (Phi) is 1.83. The van der Waals surface area contributed by atoms with E-state index >= 15 is 0 Å². The molecule has 2 atom stereocenters. The average molecular weight is 169 g/mol. The number of carboxylic acid groups (broad SMARTS) is 1. The van der Waals surface area contributed by atoms with Crippen molar-refractivity contribution in [3.05, 3.63) is 0 Å². The monoisotopic (exact) mass is 169 g/mol. The molecule has 3 aliphatic heterocycles. The highest BCUT2D eigenvalue weighted by atomic mass is 16.4. The lowest BCUT2D eigenvalue weighted by molar-refractivity contribution is -0.151. The van der Waals surface area contributed by atoms with E-state index < -0.39 is 5.97 Å². The zero-order valence-electron chi connectivity index (χ0n) is 7.36. The number of piperidine rings is 3. The summed E-state index contributed by atoms with van der Waals surface area (Å²) in [5.74, 6) is 0.382. The van der Waals surface area contributed by atoms with E-state index in [9.17, 15) is 4.79 Å². The molecule has 0 aliphatic carbocycles. The molecular formula is C9H15NO2. The zero-order valence-corrected chi connectivity index (χ0v) is 7.36. The third-order valence-electron chi connectivity index (χ3n) is 3.46. The molecule has 0 saturated carbocycles. The predicted octanol–water partition coefficient (Wildman–Crippen LogP) is 0.801. The molecule has 3 rings (SSSR count). The molecule has 2 unspecified atom stereocenters. The van der Waals surface area contributed by atoms with Crippen molar-refractivity contribution in [1.29, 1.82) is 0 Å². The van der Waals surface area contributed by atoms with E-state index in [1.807, 2.05) is 0 Å². The summed E-state index contributed by atoms with van der Waals surface area (Å²) in [5, 5.41) is 8.99. The lowest BCUT2D eigenvalue weighted by Crippen LogP contribution is -2.57. The molecule has 1 N–H and O–H groups in total. The molecule has 3 heteroatoms. The first-order valence-corrected chi connectivity index (χ1v) is 4.67. The van der Waals surface area contributed by atoms with Gasteiger partial charge in [-0.2, -0.15) is 0 Å². The zero-order chi connectivity index (χ0) is 8.72. The van der Waals surface area contributed by atoms with Crippen molar-refractivity contribution in [1.82, 2.24) is 4.90 Å². The lowest BCUT2D eigenvalue weighted by atomic mass is 9.75. The van der Waals surface area contributed by atoms with E-state index in [1.54, 1.807) is 0 Å². The second-order valence-electron chi connectivity index (χ2n) is 4.02. The Bertz CT molecular complexity index is 195. The second-order valence-corrected chi connectivity index (χ2v) is 4.02. The Hall–Kier alpha value is -0.570. The van der Waals surface area contributed by atoms with E-state index in [0.29, 0.717) is 11.8 Å². The average Bonchev–Trinajstić information content (AvgIpc) is 2.05. The van der Waals surface area contributed by atoms with Gasteiger partial charge < -0.3 is 5.11 Å². The number of nitrogens with zero attached hydrogens (tertiary/aromatic N) is 1. The summed E-state index contributed by atoms with van der Waals surface area (Å²) >= 11 is 0. The van der Waals surface area contributed by atoms with Gasteiger partial charge in [-0.1, -0.05) is 6.92 Å². The molecule has 68 valence electrons. The number of carbonyl (C=O) groups is 1. The molecule has 12 heavy (non-hydrogen) atoms. The summed E-state index contributed by atoms with van der Waals surface area (Å²) in [6, 6.07) is -0.197. The van der Waals surface area contributed by atoms with Crippen LogP contribution < -0.4 is 0 Å². The van der Waals surface area contributed by atoms with Crippen LogP contribution in [0.25, 0.3) is 0 Å². The molecule has 3 aliphatic rings. The van der Waals surface area contributed by atoms with Crippen molar-refractivity contribution in [2.24, 2.45) is 11.8 Å². The second kappa shape index (κ2) is 2.73. The van der Waals surface area contributed by atoms with Crippen molar-refractivity contribution in [3.8, 4) is 0 Å². The van der Waals surface area contributed by atoms with E-state index in [0.717, 1.165) is 13.1 Å². The molecule has 0 amide bonds. The molecule has 3 fully saturated rings. The molecule has 0 aromatic heterocycles. The van der Waals surface area contributed by atoms with Gasteiger partial charge >= 0.3 is 5.97 Å². The third-order valence-corrected chi connectivity index (χ3v) is 3.46. The minimum Gasteiger partial charge on any atom is -0.480 e. The molecule has 0 radical (unpaired) electrons. The number of hydrogen-bond donors (Lipinski definition) is 1. The van der Waals surface area contributed by atoms with Gasteiger partial charge in [0.15, 0.2) is 0 Å². The van der Waals surface area contributed by atoms with Crippen LogP contribution in [0.1, 0.15) is 19.8 Å². The molecule has 0 spiro atoms. The van der Waals surface area contributed by atoms with Gasteiger partial charge in [0.2, 0.25) is 0 Å². The fourth-order valence-corrected chi connectivity index (χ4v) is 2.69. The Morgan fingerprint density at radius 3 is 2.33 bits per heavy atom. The van der Waals surface area contributed by atoms with Gasteiger partial charge in [-0.25, -0.2) is 0 Å². The van der Waals surface area contributed by atoms with E-state index in [-0.39, 0.29) is 6.04 Å². The first-order valence-electron chi connectivity index (χ1n) is 4.67. The number of aliphatic carboxylic acids is 1. The fourth-order valence-electron chi connectivity index (χ4n) is 2.69. The Morgan fingerprint density at radius 2 is 2.00 bits per heavy atom. The Balaban J connectivity index is 2.18. The lowest BCUT2D eigenvalue weighted by Gasteiger charge is -2.47. The van der Waals surface area contributed by atoms with Crippen LogP contribution in [0, 0.1) is 11.8 Å². The quantitative estimate of drug-likeness (QED) is 0.631. The van der Waals surface area contributed by atoms with Crippen LogP contribution in [0.4, 0.5) is 0 Å². The van der Waals surface area contributed by atoms with Crippen molar-refractivity contribution in [2.75, 3.05) is 13.1 Å². The summed E-state index contributed by atoms with van der Waals surface area (Å²) in [5.41, 5.74) is 0. The van der Waals surface area contributed by atoms with Gasteiger partial charge in [-0.15, -0.1) is 0 Å². The van der Waals surface area contributed by atoms with Crippen LogP contribution in [0.15, 0.2) is 0 Å². The molecule has 3 heterocycles. The molecule has 0 aromatic rings. The van der Waals surface area contributed by atoms with Crippen LogP contribution in [0.3, 0.4) is 0 Å². The maximum atomic E-state index is 10.9. The van der Waals surface area contributed by atoms with Gasteiger partial charge in [-0.3, -0.25) is 9.69 Å². The van der Waals surface area contributed by atoms with E-state index in [2.05, 4.69) is 11.8 Å². The van der Waals surface area contributed by atoms with Crippen LogP contribution in [0.5, 0.6) is 0 Å². The maximum absolute atomic E-state index is 10.9. The smallest absolute Gasteiger partial charge is 0.321 e. The first kappa shape index (κ1) is 8.05. The highest BCUT2D eigenvalue weighted by Gasteiger charge is 2.43. The molecule has 0 aromatic carbocycles. The van der Waals surface area contributed by atoms with Crippen molar-refractivity contribution in [2.45, 2.75) is 25.8 Å². The van der Waals surface area contributed by atoms with Crippen LogP contribution >= 0.6 is 0 Å². The van der Waals surface area contributed by atoms with Gasteiger partial charge in [0, 0.05) is 0 Å². The van der Waals surface area contributed by atoms with Crippen molar-refractivity contribution in [3.63, 3.8) is 0 Å². The number of rotatable bonds is 1. The standard InChI is InChI=1S/C9H15NO2/c1-6-7-2-4-10(5-3-7)8(6)9(11)12/h6-8H,2-5H2,1H3,(H,11,12). The highest BCUT2D eigenvalue weighted by molar-refractivity contribution is 5.74. The Labute approximate surface area is 72.4 Å². The maximum Gasteiger partial charge on any atom is 0.321 e. The minimum atomic E-state index is -0.632. The summed E-state index contributed by atoms with van der Waals surface area (Å²) in [4.78, 5) is 13.0. The first-order chi connectivity index (χ1) is 5.70. The number of fused-ring (bicyclic) bond motifs is 3. The van der Waals surface area contributed by atoms with Crippen molar-refractivity contribution < 1.29 is 9.90 Å².